The number of anilines is 2. The number of ether oxygens (including phenoxy) is 1. The number of amides is 2. The van der Waals surface area contributed by atoms with Crippen molar-refractivity contribution >= 4 is 35.0 Å². The SMILES string of the molecule is COc1ccccc1N1CCN(C(=O)c2ccc(CSCC(=O)Nc3ccc(F)cc3)cc2)CC1. The summed E-state index contributed by atoms with van der Waals surface area (Å²) in [5.74, 6) is 1.34. The van der Waals surface area contributed by atoms with Gasteiger partial charge in [-0.1, -0.05) is 24.3 Å². The van der Waals surface area contributed by atoms with Gasteiger partial charge >= 0.3 is 0 Å². The highest BCUT2D eigenvalue weighted by molar-refractivity contribution is 7.99. The van der Waals surface area contributed by atoms with Gasteiger partial charge in [0.05, 0.1) is 18.6 Å². The molecule has 0 spiro atoms. The first-order chi connectivity index (χ1) is 17.0. The van der Waals surface area contributed by atoms with Crippen LogP contribution in [-0.4, -0.2) is 55.8 Å². The van der Waals surface area contributed by atoms with Crippen molar-refractivity contribution in [2.75, 3.05) is 49.3 Å². The predicted octanol–water partition coefficient (Wildman–Crippen LogP) is 4.67. The number of carbonyl (C=O) groups excluding carboxylic acids is 2. The molecule has 0 saturated carbocycles. The summed E-state index contributed by atoms with van der Waals surface area (Å²) >= 11 is 1.48. The quantitative estimate of drug-likeness (QED) is 0.494. The van der Waals surface area contributed by atoms with E-state index in [-0.39, 0.29) is 23.4 Å². The van der Waals surface area contributed by atoms with E-state index in [0.717, 1.165) is 30.1 Å². The second kappa shape index (κ2) is 11.8. The predicted molar refractivity (Wildman–Crippen MR) is 139 cm³/mol. The number of para-hydroxylation sites is 2. The number of hydrogen-bond acceptors (Lipinski definition) is 5. The van der Waals surface area contributed by atoms with Gasteiger partial charge in [-0.05, 0) is 54.1 Å². The van der Waals surface area contributed by atoms with Crippen LogP contribution in [0.4, 0.5) is 15.8 Å². The average Bonchev–Trinajstić information content (AvgIpc) is 2.90. The van der Waals surface area contributed by atoms with E-state index in [0.29, 0.717) is 30.1 Å². The Hall–Kier alpha value is -3.52. The van der Waals surface area contributed by atoms with Gasteiger partial charge in [-0.15, -0.1) is 11.8 Å². The van der Waals surface area contributed by atoms with Crippen molar-refractivity contribution in [1.82, 2.24) is 4.90 Å². The lowest BCUT2D eigenvalue weighted by atomic mass is 10.1. The Morgan fingerprint density at radius 2 is 1.63 bits per heavy atom. The summed E-state index contributed by atoms with van der Waals surface area (Å²) in [4.78, 5) is 29.2. The van der Waals surface area contributed by atoms with Crippen LogP contribution in [-0.2, 0) is 10.5 Å². The minimum Gasteiger partial charge on any atom is -0.495 e. The number of carbonyl (C=O) groups is 2. The second-order valence-corrected chi connectivity index (χ2v) is 9.18. The maximum absolute atomic E-state index is 13.0. The van der Waals surface area contributed by atoms with Crippen LogP contribution < -0.4 is 15.0 Å². The van der Waals surface area contributed by atoms with E-state index in [9.17, 15) is 14.0 Å². The van der Waals surface area contributed by atoms with Crippen LogP contribution >= 0.6 is 11.8 Å². The van der Waals surface area contributed by atoms with Gasteiger partial charge in [-0.2, -0.15) is 0 Å². The van der Waals surface area contributed by atoms with Gasteiger partial charge in [0.2, 0.25) is 5.91 Å². The fourth-order valence-electron chi connectivity index (χ4n) is 3.96. The molecular formula is C27H28FN3O3S. The van der Waals surface area contributed by atoms with Crippen molar-refractivity contribution in [3.8, 4) is 5.75 Å². The highest BCUT2D eigenvalue weighted by Crippen LogP contribution is 2.28. The standard InChI is InChI=1S/C27H28FN3O3S/c1-34-25-5-3-2-4-24(25)30-14-16-31(17-15-30)27(33)21-8-6-20(7-9-21)18-35-19-26(32)29-23-12-10-22(28)11-13-23/h2-13H,14-19H2,1H3,(H,29,32). The molecule has 0 radical (unpaired) electrons. The Kier molecular flexibility index (Phi) is 8.26. The van der Waals surface area contributed by atoms with Crippen molar-refractivity contribution in [3.63, 3.8) is 0 Å². The fraction of sp³-hybridized carbons (Fsp3) is 0.259. The molecule has 3 aromatic carbocycles. The normalized spacial score (nSPS) is 13.4. The Morgan fingerprint density at radius 1 is 0.943 bits per heavy atom. The summed E-state index contributed by atoms with van der Waals surface area (Å²) < 4.78 is 18.4. The monoisotopic (exact) mass is 493 g/mol. The van der Waals surface area contributed by atoms with Gasteiger partial charge in [0.1, 0.15) is 11.6 Å². The summed E-state index contributed by atoms with van der Waals surface area (Å²) in [6, 6.07) is 21.2. The molecule has 4 rings (SSSR count). The zero-order chi connectivity index (χ0) is 24.6. The molecule has 35 heavy (non-hydrogen) atoms. The van der Waals surface area contributed by atoms with Crippen LogP contribution in [0, 0.1) is 5.82 Å². The highest BCUT2D eigenvalue weighted by atomic mass is 32.2. The molecule has 1 N–H and O–H groups in total. The molecule has 0 bridgehead atoms. The average molecular weight is 494 g/mol. The highest BCUT2D eigenvalue weighted by Gasteiger charge is 2.23. The molecule has 0 atom stereocenters. The fourth-order valence-corrected chi connectivity index (χ4v) is 4.75. The van der Waals surface area contributed by atoms with Crippen molar-refractivity contribution in [3.05, 3.63) is 89.7 Å². The van der Waals surface area contributed by atoms with Crippen molar-refractivity contribution in [2.24, 2.45) is 0 Å². The minimum atomic E-state index is -0.339. The number of methoxy groups -OCH3 is 1. The molecule has 0 aliphatic carbocycles. The van der Waals surface area contributed by atoms with Gasteiger partial charge in [-0.25, -0.2) is 4.39 Å². The van der Waals surface area contributed by atoms with Crippen molar-refractivity contribution in [2.45, 2.75) is 5.75 Å². The summed E-state index contributed by atoms with van der Waals surface area (Å²) in [6.07, 6.45) is 0. The maximum Gasteiger partial charge on any atom is 0.253 e. The number of halogens is 1. The van der Waals surface area contributed by atoms with E-state index in [1.807, 2.05) is 53.4 Å². The van der Waals surface area contributed by atoms with Gasteiger partial charge in [0, 0.05) is 43.2 Å². The van der Waals surface area contributed by atoms with Crippen LogP contribution in [0.15, 0.2) is 72.8 Å². The van der Waals surface area contributed by atoms with Gasteiger partial charge < -0.3 is 19.9 Å². The van der Waals surface area contributed by atoms with Gasteiger partial charge in [0.15, 0.2) is 0 Å². The molecule has 182 valence electrons. The first-order valence-corrected chi connectivity index (χ1v) is 12.6. The summed E-state index contributed by atoms with van der Waals surface area (Å²) in [5.41, 5.74) is 3.33. The Balaban J connectivity index is 1.23. The van der Waals surface area contributed by atoms with E-state index in [1.54, 1.807) is 7.11 Å². The van der Waals surface area contributed by atoms with Crippen molar-refractivity contribution < 1.29 is 18.7 Å². The molecule has 0 unspecified atom stereocenters. The molecule has 3 aromatic rings. The molecule has 1 saturated heterocycles. The number of hydrogen-bond donors (Lipinski definition) is 1. The molecular weight excluding hydrogens is 465 g/mol. The van der Waals surface area contributed by atoms with Crippen molar-refractivity contribution in [1.29, 1.82) is 0 Å². The van der Waals surface area contributed by atoms with Crippen LogP contribution in [0.5, 0.6) is 5.75 Å². The van der Waals surface area contributed by atoms with E-state index < -0.39 is 0 Å². The van der Waals surface area contributed by atoms with Gasteiger partial charge in [-0.3, -0.25) is 9.59 Å². The molecule has 1 heterocycles. The first-order valence-electron chi connectivity index (χ1n) is 11.4. The van der Waals surface area contributed by atoms with Crippen LogP contribution in [0.3, 0.4) is 0 Å². The lowest BCUT2D eigenvalue weighted by Gasteiger charge is -2.36. The third-order valence-corrected chi connectivity index (χ3v) is 6.83. The number of benzene rings is 3. The molecule has 1 aliphatic heterocycles. The second-order valence-electron chi connectivity index (χ2n) is 8.20. The third-order valence-electron chi connectivity index (χ3n) is 5.82. The molecule has 2 amide bonds. The Morgan fingerprint density at radius 3 is 2.31 bits per heavy atom. The number of piperazine rings is 1. The van der Waals surface area contributed by atoms with E-state index in [1.165, 1.54) is 36.0 Å². The number of rotatable bonds is 8. The molecule has 1 fully saturated rings. The number of nitrogens with zero attached hydrogens (tertiary/aromatic N) is 2. The topological polar surface area (TPSA) is 61.9 Å². The largest absolute Gasteiger partial charge is 0.495 e. The smallest absolute Gasteiger partial charge is 0.253 e. The van der Waals surface area contributed by atoms with Crippen LogP contribution in [0.2, 0.25) is 0 Å². The zero-order valence-electron chi connectivity index (χ0n) is 19.6. The van der Waals surface area contributed by atoms with E-state index in [2.05, 4.69) is 10.2 Å². The van der Waals surface area contributed by atoms with E-state index in [4.69, 9.17) is 4.74 Å². The molecule has 6 nitrogen and oxygen atoms in total. The molecule has 0 aromatic heterocycles. The summed E-state index contributed by atoms with van der Waals surface area (Å²) in [7, 11) is 1.67. The summed E-state index contributed by atoms with van der Waals surface area (Å²) in [5, 5.41) is 2.75. The lowest BCUT2D eigenvalue weighted by Crippen LogP contribution is -2.48. The Labute approximate surface area is 209 Å². The lowest BCUT2D eigenvalue weighted by molar-refractivity contribution is -0.113. The first kappa shape index (κ1) is 24.6. The molecule has 8 heteroatoms. The van der Waals surface area contributed by atoms with Gasteiger partial charge in [0.25, 0.3) is 5.91 Å². The van der Waals surface area contributed by atoms with E-state index >= 15 is 0 Å². The number of nitrogens with one attached hydrogen (secondary N) is 1. The maximum atomic E-state index is 13.0. The Bertz CT molecular complexity index is 1150. The van der Waals surface area contributed by atoms with Crippen LogP contribution in [0.25, 0.3) is 0 Å². The molecule has 1 aliphatic rings. The number of thioether (sulfide) groups is 1. The van der Waals surface area contributed by atoms with Crippen LogP contribution in [0.1, 0.15) is 15.9 Å². The zero-order valence-corrected chi connectivity index (χ0v) is 20.4. The summed E-state index contributed by atoms with van der Waals surface area (Å²) in [6.45, 7) is 2.80. The minimum absolute atomic E-state index is 0.0301. The third kappa shape index (κ3) is 6.54.